The van der Waals surface area contributed by atoms with Crippen molar-refractivity contribution in [1.29, 1.82) is 0 Å². The Balaban J connectivity index is 1.33. The van der Waals surface area contributed by atoms with E-state index in [0.29, 0.717) is 23.6 Å². The van der Waals surface area contributed by atoms with Crippen molar-refractivity contribution in [3.8, 4) is 0 Å². The highest BCUT2D eigenvalue weighted by atomic mass is 16.6. The number of hydrogen-bond donors (Lipinski definition) is 4. The van der Waals surface area contributed by atoms with Crippen molar-refractivity contribution in [2.75, 3.05) is 11.9 Å². The van der Waals surface area contributed by atoms with E-state index in [-0.39, 0.29) is 12.1 Å². The summed E-state index contributed by atoms with van der Waals surface area (Å²) in [6, 6.07) is 10.2. The lowest BCUT2D eigenvalue weighted by Gasteiger charge is -2.22. The molecule has 0 bridgehead atoms. The molecule has 1 aromatic carbocycles. The molecular formula is C22H27N5O5. The summed E-state index contributed by atoms with van der Waals surface area (Å²) in [7, 11) is 0. The second-order valence-electron chi connectivity index (χ2n) is 8.29. The number of ether oxygens (including phenoxy) is 2. The Morgan fingerprint density at radius 2 is 1.94 bits per heavy atom. The Morgan fingerprint density at radius 1 is 1.09 bits per heavy atom. The molecule has 0 spiro atoms. The van der Waals surface area contributed by atoms with Crippen LogP contribution in [-0.4, -0.2) is 71.9 Å². The first kappa shape index (κ1) is 21.2. The summed E-state index contributed by atoms with van der Waals surface area (Å²) in [5.74, 6) is 0.584. The zero-order chi connectivity index (χ0) is 22.1. The topological polar surface area (TPSA) is 135 Å². The lowest BCUT2D eigenvalue weighted by molar-refractivity contribution is -0.0511. The van der Waals surface area contributed by atoms with Crippen LogP contribution < -0.4 is 5.32 Å². The Hall–Kier alpha value is -2.63. The molecule has 10 heteroatoms. The fourth-order valence-electron chi connectivity index (χ4n) is 4.50. The van der Waals surface area contributed by atoms with Gasteiger partial charge in [0.1, 0.15) is 24.6 Å². The third-order valence-electron chi connectivity index (χ3n) is 6.23. The molecule has 5 rings (SSSR count). The first-order valence-corrected chi connectivity index (χ1v) is 10.9. The van der Waals surface area contributed by atoms with Gasteiger partial charge in [0.2, 0.25) is 0 Å². The van der Waals surface area contributed by atoms with E-state index in [2.05, 4.69) is 32.4 Å². The molecule has 3 heterocycles. The van der Waals surface area contributed by atoms with Crippen molar-refractivity contribution in [3.05, 3.63) is 48.5 Å². The van der Waals surface area contributed by atoms with Crippen LogP contribution in [0.5, 0.6) is 0 Å². The lowest BCUT2D eigenvalue weighted by Crippen LogP contribution is -2.33. The van der Waals surface area contributed by atoms with Gasteiger partial charge in [-0.3, -0.25) is 4.57 Å². The van der Waals surface area contributed by atoms with Crippen LogP contribution in [0.2, 0.25) is 0 Å². The van der Waals surface area contributed by atoms with Crippen molar-refractivity contribution in [3.63, 3.8) is 0 Å². The number of aliphatic hydroxyl groups is 3. The predicted octanol–water partition coefficient (Wildman–Crippen LogP) is 0.988. The molecule has 0 radical (unpaired) electrons. The molecule has 1 aliphatic heterocycles. The standard InChI is InChI=1S/C22H27N5O5/c28-9-16-18(29)19(30)22(32-16)27-12-25-17-20(23-11-24-21(17)27)26-14-7-4-8-15(14)31-10-13-5-2-1-3-6-13/h1-3,5-6,11-12,14-16,18-19,22,28-30H,4,7-10H2,(H,23,24,26). The normalized spacial score (nSPS) is 30.2. The predicted molar refractivity (Wildman–Crippen MR) is 115 cm³/mol. The van der Waals surface area contributed by atoms with E-state index in [9.17, 15) is 15.3 Å². The van der Waals surface area contributed by atoms with E-state index in [1.165, 1.54) is 12.7 Å². The van der Waals surface area contributed by atoms with Crippen LogP contribution in [0, 0.1) is 0 Å². The zero-order valence-electron chi connectivity index (χ0n) is 17.5. The number of nitrogens with zero attached hydrogens (tertiary/aromatic N) is 4. The summed E-state index contributed by atoms with van der Waals surface area (Å²) in [4.78, 5) is 13.1. The molecule has 1 aliphatic carbocycles. The maximum atomic E-state index is 10.4. The molecule has 1 saturated heterocycles. The van der Waals surface area contributed by atoms with Gasteiger partial charge in [-0.25, -0.2) is 15.0 Å². The van der Waals surface area contributed by atoms with Crippen LogP contribution in [0.4, 0.5) is 5.82 Å². The highest BCUT2D eigenvalue weighted by molar-refractivity contribution is 5.82. The number of aliphatic hydroxyl groups excluding tert-OH is 3. The van der Waals surface area contributed by atoms with Crippen LogP contribution in [-0.2, 0) is 16.1 Å². The fourth-order valence-corrected chi connectivity index (χ4v) is 4.50. The number of nitrogens with one attached hydrogen (secondary N) is 1. The van der Waals surface area contributed by atoms with E-state index >= 15 is 0 Å². The van der Waals surface area contributed by atoms with Gasteiger partial charge in [0.25, 0.3) is 0 Å². The number of hydrogen-bond acceptors (Lipinski definition) is 9. The molecule has 6 atom stereocenters. The molecule has 4 N–H and O–H groups in total. The number of aromatic nitrogens is 4. The number of imidazole rings is 1. The van der Waals surface area contributed by atoms with Crippen molar-refractivity contribution >= 4 is 17.0 Å². The minimum absolute atomic E-state index is 0.0581. The van der Waals surface area contributed by atoms with E-state index in [1.54, 1.807) is 4.57 Å². The molecule has 2 aliphatic rings. The quantitative estimate of drug-likeness (QED) is 0.423. The van der Waals surface area contributed by atoms with Gasteiger partial charge in [-0.15, -0.1) is 0 Å². The van der Waals surface area contributed by atoms with Gasteiger partial charge in [-0.1, -0.05) is 30.3 Å². The largest absolute Gasteiger partial charge is 0.394 e. The van der Waals surface area contributed by atoms with Gasteiger partial charge in [-0.05, 0) is 24.8 Å². The Labute approximate surface area is 184 Å². The number of rotatable bonds is 7. The highest BCUT2D eigenvalue weighted by Gasteiger charge is 2.44. The summed E-state index contributed by atoms with van der Waals surface area (Å²) in [6.07, 6.45) is 1.81. The fraction of sp³-hybridized carbons (Fsp3) is 0.500. The molecule has 6 unspecified atom stereocenters. The second kappa shape index (κ2) is 9.08. The molecule has 3 aromatic rings. The molecule has 170 valence electrons. The Morgan fingerprint density at radius 3 is 2.72 bits per heavy atom. The SMILES string of the molecule is OCC1OC(n2cnc3c(NC4CCCC4OCc4ccccc4)ncnc32)C(O)C1O. The highest BCUT2D eigenvalue weighted by Crippen LogP contribution is 2.33. The average Bonchev–Trinajstić information content (AvgIpc) is 3.52. The first-order chi connectivity index (χ1) is 15.7. The summed E-state index contributed by atoms with van der Waals surface area (Å²) in [5.41, 5.74) is 2.15. The molecule has 0 amide bonds. The third kappa shape index (κ3) is 3.96. The van der Waals surface area contributed by atoms with Gasteiger partial charge in [-0.2, -0.15) is 0 Å². The molecule has 32 heavy (non-hydrogen) atoms. The smallest absolute Gasteiger partial charge is 0.167 e. The lowest BCUT2D eigenvalue weighted by atomic mass is 10.1. The number of benzene rings is 1. The molecule has 2 aromatic heterocycles. The maximum absolute atomic E-state index is 10.4. The average molecular weight is 441 g/mol. The van der Waals surface area contributed by atoms with Gasteiger partial charge in [0, 0.05) is 0 Å². The van der Waals surface area contributed by atoms with Crippen LogP contribution in [0.25, 0.3) is 11.2 Å². The van der Waals surface area contributed by atoms with E-state index in [1.807, 2.05) is 18.2 Å². The monoisotopic (exact) mass is 441 g/mol. The van der Waals surface area contributed by atoms with Crippen LogP contribution in [0.3, 0.4) is 0 Å². The molecular weight excluding hydrogens is 414 g/mol. The minimum Gasteiger partial charge on any atom is -0.394 e. The minimum atomic E-state index is -1.21. The summed E-state index contributed by atoms with van der Waals surface area (Å²) in [6.45, 7) is 0.165. The summed E-state index contributed by atoms with van der Waals surface area (Å²) < 4.78 is 13.4. The van der Waals surface area contributed by atoms with Crippen LogP contribution >= 0.6 is 0 Å². The van der Waals surface area contributed by atoms with Crippen molar-refractivity contribution in [2.24, 2.45) is 0 Å². The first-order valence-electron chi connectivity index (χ1n) is 10.9. The molecule has 2 fully saturated rings. The molecule has 1 saturated carbocycles. The van der Waals surface area contributed by atoms with Gasteiger partial charge in [0.05, 0.1) is 31.7 Å². The van der Waals surface area contributed by atoms with Gasteiger partial charge >= 0.3 is 0 Å². The Kier molecular flexibility index (Phi) is 6.03. The Bertz CT molecular complexity index is 1050. The zero-order valence-corrected chi connectivity index (χ0v) is 17.5. The van der Waals surface area contributed by atoms with E-state index < -0.39 is 31.1 Å². The summed E-state index contributed by atoms with van der Waals surface area (Å²) in [5, 5.41) is 33.3. The van der Waals surface area contributed by atoms with Gasteiger partial charge in [0.15, 0.2) is 23.2 Å². The van der Waals surface area contributed by atoms with Crippen molar-refractivity contribution in [1.82, 2.24) is 19.5 Å². The molecule has 10 nitrogen and oxygen atoms in total. The van der Waals surface area contributed by atoms with Crippen molar-refractivity contribution in [2.45, 2.75) is 62.6 Å². The number of fused-ring (bicyclic) bond motifs is 1. The van der Waals surface area contributed by atoms with Crippen LogP contribution in [0.15, 0.2) is 43.0 Å². The van der Waals surface area contributed by atoms with Crippen LogP contribution in [0.1, 0.15) is 31.1 Å². The summed E-state index contributed by atoms with van der Waals surface area (Å²) >= 11 is 0. The van der Waals surface area contributed by atoms with Crippen molar-refractivity contribution < 1.29 is 24.8 Å². The second-order valence-corrected chi connectivity index (χ2v) is 8.29. The number of anilines is 1. The van der Waals surface area contributed by atoms with E-state index in [4.69, 9.17) is 9.47 Å². The van der Waals surface area contributed by atoms with Gasteiger partial charge < -0.3 is 30.1 Å². The maximum Gasteiger partial charge on any atom is 0.167 e. The third-order valence-corrected chi connectivity index (χ3v) is 6.23. The van der Waals surface area contributed by atoms with E-state index in [0.717, 1.165) is 24.8 Å².